The van der Waals surface area contributed by atoms with E-state index in [1.54, 1.807) is 14.1 Å². The fraction of sp³-hybridized carbons (Fsp3) is 1.00. The minimum Gasteiger partial charge on any atom is -0.313 e. The molecule has 0 saturated heterocycles. The van der Waals surface area contributed by atoms with Crippen molar-refractivity contribution in [1.82, 2.24) is 9.62 Å². The SMILES string of the molecule is CN(C)S(=O)(=O)CCNC1CCC1. The van der Waals surface area contributed by atoms with Gasteiger partial charge in [0, 0.05) is 26.7 Å². The Balaban J connectivity index is 2.17. The molecular formula is C8H18N2O2S. The molecule has 4 nitrogen and oxygen atoms in total. The summed E-state index contributed by atoms with van der Waals surface area (Å²) >= 11 is 0. The topological polar surface area (TPSA) is 49.4 Å². The molecule has 0 unspecified atom stereocenters. The van der Waals surface area contributed by atoms with E-state index < -0.39 is 10.0 Å². The Hall–Kier alpha value is -0.130. The van der Waals surface area contributed by atoms with Gasteiger partial charge >= 0.3 is 0 Å². The van der Waals surface area contributed by atoms with Gasteiger partial charge in [0.2, 0.25) is 10.0 Å². The van der Waals surface area contributed by atoms with E-state index in [-0.39, 0.29) is 5.75 Å². The van der Waals surface area contributed by atoms with Crippen LogP contribution in [0.2, 0.25) is 0 Å². The third kappa shape index (κ3) is 3.25. The van der Waals surface area contributed by atoms with E-state index in [0.717, 1.165) is 0 Å². The molecule has 0 amide bonds. The maximum absolute atomic E-state index is 11.3. The normalized spacial score (nSPS) is 19.0. The highest BCUT2D eigenvalue weighted by molar-refractivity contribution is 7.89. The Morgan fingerprint density at radius 1 is 1.38 bits per heavy atom. The lowest BCUT2D eigenvalue weighted by atomic mass is 9.93. The van der Waals surface area contributed by atoms with Crippen LogP contribution in [0.25, 0.3) is 0 Å². The van der Waals surface area contributed by atoms with E-state index in [9.17, 15) is 8.42 Å². The summed E-state index contributed by atoms with van der Waals surface area (Å²) in [6.07, 6.45) is 3.67. The molecule has 1 N–H and O–H groups in total. The molecule has 1 aliphatic carbocycles. The Kier molecular flexibility index (Phi) is 3.70. The lowest BCUT2D eigenvalue weighted by Gasteiger charge is -2.26. The first-order chi connectivity index (χ1) is 6.02. The molecule has 13 heavy (non-hydrogen) atoms. The van der Waals surface area contributed by atoms with Crippen LogP contribution < -0.4 is 5.32 Å². The summed E-state index contributed by atoms with van der Waals surface area (Å²) < 4.78 is 23.9. The van der Waals surface area contributed by atoms with Gasteiger partial charge in [-0.15, -0.1) is 0 Å². The first kappa shape index (κ1) is 10.9. The van der Waals surface area contributed by atoms with Gasteiger partial charge < -0.3 is 5.32 Å². The molecule has 0 aromatic rings. The summed E-state index contributed by atoms with van der Waals surface area (Å²) in [7, 11) is 0.129. The Bertz CT molecular complexity index is 245. The fourth-order valence-corrected chi connectivity index (χ4v) is 1.93. The monoisotopic (exact) mass is 206 g/mol. The molecule has 0 aromatic heterocycles. The summed E-state index contributed by atoms with van der Waals surface area (Å²) in [6.45, 7) is 0.575. The van der Waals surface area contributed by atoms with Crippen LogP contribution >= 0.6 is 0 Å². The van der Waals surface area contributed by atoms with E-state index >= 15 is 0 Å². The van der Waals surface area contributed by atoms with Crippen LogP contribution in [-0.2, 0) is 10.0 Å². The molecule has 5 heteroatoms. The summed E-state index contributed by atoms with van der Waals surface area (Å²) in [4.78, 5) is 0. The van der Waals surface area contributed by atoms with Crippen molar-refractivity contribution in [1.29, 1.82) is 0 Å². The molecule has 1 rings (SSSR count). The molecule has 0 aromatic carbocycles. The van der Waals surface area contributed by atoms with Gasteiger partial charge in [0.05, 0.1) is 5.75 Å². The van der Waals surface area contributed by atoms with E-state index in [2.05, 4.69) is 5.32 Å². The standard InChI is InChI=1S/C8H18N2O2S/c1-10(2)13(11,12)7-6-9-8-4-3-5-8/h8-9H,3-7H2,1-2H3. The molecular weight excluding hydrogens is 188 g/mol. The highest BCUT2D eigenvalue weighted by atomic mass is 32.2. The van der Waals surface area contributed by atoms with Crippen LogP contribution in [0.3, 0.4) is 0 Å². The van der Waals surface area contributed by atoms with E-state index in [1.165, 1.54) is 23.6 Å². The number of hydrogen-bond donors (Lipinski definition) is 1. The zero-order chi connectivity index (χ0) is 9.90. The highest BCUT2D eigenvalue weighted by Crippen LogP contribution is 2.17. The highest BCUT2D eigenvalue weighted by Gasteiger charge is 2.18. The molecule has 0 radical (unpaired) electrons. The van der Waals surface area contributed by atoms with Gasteiger partial charge in [0.15, 0.2) is 0 Å². The minimum absolute atomic E-state index is 0.205. The largest absolute Gasteiger partial charge is 0.313 e. The summed E-state index contributed by atoms with van der Waals surface area (Å²) in [5.41, 5.74) is 0. The second-order valence-corrected chi connectivity index (χ2v) is 5.98. The second-order valence-electron chi connectivity index (χ2n) is 3.68. The van der Waals surface area contributed by atoms with E-state index in [4.69, 9.17) is 0 Å². The van der Waals surface area contributed by atoms with Gasteiger partial charge in [-0.05, 0) is 12.8 Å². The zero-order valence-electron chi connectivity index (χ0n) is 8.28. The molecule has 0 spiro atoms. The molecule has 1 saturated carbocycles. The lowest BCUT2D eigenvalue weighted by Crippen LogP contribution is -2.39. The van der Waals surface area contributed by atoms with Crippen molar-refractivity contribution in [3.8, 4) is 0 Å². The van der Waals surface area contributed by atoms with Crippen molar-refractivity contribution in [2.75, 3.05) is 26.4 Å². The average Bonchev–Trinajstić information content (AvgIpc) is 1.94. The van der Waals surface area contributed by atoms with E-state index in [1.807, 2.05) is 0 Å². The molecule has 0 aliphatic heterocycles. The molecule has 0 bridgehead atoms. The third-order valence-corrected chi connectivity index (χ3v) is 4.29. The van der Waals surface area contributed by atoms with Gasteiger partial charge in [0.25, 0.3) is 0 Å². The van der Waals surface area contributed by atoms with Crippen molar-refractivity contribution >= 4 is 10.0 Å². The number of hydrogen-bond acceptors (Lipinski definition) is 3. The van der Waals surface area contributed by atoms with Crippen molar-refractivity contribution in [3.63, 3.8) is 0 Å². The van der Waals surface area contributed by atoms with Crippen LogP contribution in [-0.4, -0.2) is 45.2 Å². The van der Waals surface area contributed by atoms with Crippen LogP contribution in [0.1, 0.15) is 19.3 Å². The summed E-state index contributed by atoms with van der Waals surface area (Å²) in [5, 5.41) is 3.22. The van der Waals surface area contributed by atoms with Crippen molar-refractivity contribution < 1.29 is 8.42 Å². The third-order valence-electron chi connectivity index (χ3n) is 2.45. The molecule has 0 heterocycles. The van der Waals surface area contributed by atoms with Crippen LogP contribution in [0.15, 0.2) is 0 Å². The number of rotatable bonds is 5. The number of nitrogens with one attached hydrogen (secondary N) is 1. The smallest absolute Gasteiger partial charge is 0.214 e. The van der Waals surface area contributed by atoms with Gasteiger partial charge in [-0.2, -0.15) is 0 Å². The predicted octanol–water partition coefficient (Wildman–Crippen LogP) is 0.0199. The van der Waals surface area contributed by atoms with Gasteiger partial charge in [0.1, 0.15) is 0 Å². The first-order valence-corrected chi connectivity index (χ1v) is 6.27. The Morgan fingerprint density at radius 3 is 2.38 bits per heavy atom. The first-order valence-electron chi connectivity index (χ1n) is 4.66. The van der Waals surface area contributed by atoms with E-state index in [0.29, 0.717) is 12.6 Å². The molecule has 1 fully saturated rings. The number of sulfonamides is 1. The van der Waals surface area contributed by atoms with Gasteiger partial charge in [-0.25, -0.2) is 12.7 Å². The van der Waals surface area contributed by atoms with Crippen LogP contribution in [0.5, 0.6) is 0 Å². The maximum atomic E-state index is 11.3. The molecule has 78 valence electrons. The zero-order valence-corrected chi connectivity index (χ0v) is 9.10. The van der Waals surface area contributed by atoms with Gasteiger partial charge in [-0.3, -0.25) is 0 Å². The Morgan fingerprint density at radius 2 is 2.00 bits per heavy atom. The van der Waals surface area contributed by atoms with Crippen molar-refractivity contribution in [3.05, 3.63) is 0 Å². The quantitative estimate of drug-likeness (QED) is 0.690. The molecule has 1 aliphatic rings. The van der Waals surface area contributed by atoms with Crippen molar-refractivity contribution in [2.24, 2.45) is 0 Å². The Labute approximate surface area is 80.4 Å². The summed E-state index contributed by atoms with van der Waals surface area (Å²) in [5.74, 6) is 0.205. The number of nitrogens with zero attached hydrogens (tertiary/aromatic N) is 1. The predicted molar refractivity (Wildman–Crippen MR) is 53.1 cm³/mol. The van der Waals surface area contributed by atoms with Crippen LogP contribution in [0.4, 0.5) is 0 Å². The fourth-order valence-electron chi connectivity index (χ4n) is 1.19. The van der Waals surface area contributed by atoms with Crippen LogP contribution in [0, 0.1) is 0 Å². The maximum Gasteiger partial charge on any atom is 0.214 e. The molecule has 0 atom stereocenters. The van der Waals surface area contributed by atoms with Crippen molar-refractivity contribution in [2.45, 2.75) is 25.3 Å². The van der Waals surface area contributed by atoms with Gasteiger partial charge in [-0.1, -0.05) is 6.42 Å². The second kappa shape index (κ2) is 4.39. The summed E-state index contributed by atoms with van der Waals surface area (Å²) in [6, 6.07) is 0.567. The minimum atomic E-state index is -3.01. The lowest BCUT2D eigenvalue weighted by molar-refractivity contribution is 0.346. The average molecular weight is 206 g/mol.